The molecule has 2 aromatic rings. The van der Waals surface area contributed by atoms with Gasteiger partial charge < -0.3 is 9.84 Å². The van der Waals surface area contributed by atoms with Crippen LogP contribution in [0.3, 0.4) is 0 Å². The average molecular weight is 328 g/mol. The highest BCUT2D eigenvalue weighted by Gasteiger charge is 2.06. The number of aliphatic carboxylic acids is 1. The number of benzene rings is 2. The molecule has 0 fully saturated rings. The maximum atomic E-state index is 10.5. The van der Waals surface area contributed by atoms with Crippen LogP contribution in [0.1, 0.15) is 16.7 Å². The Kier molecular flexibility index (Phi) is 5.40. The lowest BCUT2D eigenvalue weighted by Gasteiger charge is -2.06. The van der Waals surface area contributed by atoms with Crippen molar-refractivity contribution < 1.29 is 14.6 Å². The zero-order valence-electron chi connectivity index (χ0n) is 12.4. The van der Waals surface area contributed by atoms with Crippen LogP contribution in [0.2, 0.25) is 5.02 Å². The minimum atomic E-state index is -1.07. The summed E-state index contributed by atoms with van der Waals surface area (Å²) in [6, 6.07) is 14.8. The van der Waals surface area contributed by atoms with E-state index < -0.39 is 12.6 Å². The van der Waals surface area contributed by atoms with Gasteiger partial charge in [-0.2, -0.15) is 5.26 Å². The maximum absolute atomic E-state index is 10.5. The second-order valence-electron chi connectivity index (χ2n) is 4.91. The third kappa shape index (κ3) is 4.60. The number of carbonyl (C=O) groups is 1. The fourth-order valence-corrected chi connectivity index (χ4v) is 2.19. The Morgan fingerprint density at radius 2 is 2.00 bits per heavy atom. The van der Waals surface area contributed by atoms with E-state index in [1.807, 2.05) is 31.2 Å². The fourth-order valence-electron chi connectivity index (χ4n) is 1.94. The molecular formula is C18H14ClNO3. The molecule has 0 aliphatic rings. The molecule has 23 heavy (non-hydrogen) atoms. The molecule has 0 aromatic heterocycles. The lowest BCUT2D eigenvalue weighted by Crippen LogP contribution is -2.09. The van der Waals surface area contributed by atoms with E-state index in [1.165, 1.54) is 0 Å². The number of carboxylic acid groups (broad SMARTS) is 1. The summed E-state index contributed by atoms with van der Waals surface area (Å²) in [5.41, 5.74) is 3.18. The van der Waals surface area contributed by atoms with Crippen LogP contribution in [0.5, 0.6) is 5.75 Å². The molecule has 0 aliphatic heterocycles. The highest BCUT2D eigenvalue weighted by Crippen LogP contribution is 2.27. The van der Waals surface area contributed by atoms with Crippen molar-refractivity contribution in [3.8, 4) is 11.8 Å². The first-order valence-electron chi connectivity index (χ1n) is 6.82. The lowest BCUT2D eigenvalue weighted by molar-refractivity contribution is -0.139. The van der Waals surface area contributed by atoms with Crippen molar-refractivity contribution in [3.63, 3.8) is 0 Å². The predicted octanol–water partition coefficient (Wildman–Crippen LogP) is 4.18. The molecule has 116 valence electrons. The van der Waals surface area contributed by atoms with E-state index in [9.17, 15) is 10.1 Å². The highest BCUT2D eigenvalue weighted by atomic mass is 35.5. The third-order valence-corrected chi connectivity index (χ3v) is 3.40. The summed E-state index contributed by atoms with van der Waals surface area (Å²) >= 11 is 6.08. The molecule has 0 heterocycles. The average Bonchev–Trinajstić information content (AvgIpc) is 2.52. The number of halogens is 1. The van der Waals surface area contributed by atoms with Gasteiger partial charge in [0.15, 0.2) is 6.61 Å². The van der Waals surface area contributed by atoms with Gasteiger partial charge in [-0.25, -0.2) is 4.79 Å². The van der Waals surface area contributed by atoms with Gasteiger partial charge >= 0.3 is 5.97 Å². The van der Waals surface area contributed by atoms with Crippen LogP contribution in [0.4, 0.5) is 0 Å². The van der Waals surface area contributed by atoms with E-state index in [4.69, 9.17) is 21.4 Å². The van der Waals surface area contributed by atoms with Gasteiger partial charge in [0.2, 0.25) is 0 Å². The standard InChI is InChI=1S/C18H14ClNO3/c1-12-2-5-14(6-3-12)15(10-20)8-13-4-7-17(16(19)9-13)23-11-18(21)22/h2-9H,11H2,1H3,(H,21,22)/b15-8+. The smallest absolute Gasteiger partial charge is 0.341 e. The molecule has 0 saturated heterocycles. The maximum Gasteiger partial charge on any atom is 0.341 e. The van der Waals surface area contributed by atoms with Crippen LogP contribution in [0.15, 0.2) is 42.5 Å². The first kappa shape index (κ1) is 16.6. The van der Waals surface area contributed by atoms with E-state index in [2.05, 4.69) is 6.07 Å². The van der Waals surface area contributed by atoms with Gasteiger partial charge in [-0.3, -0.25) is 0 Å². The van der Waals surface area contributed by atoms with Crippen LogP contribution in [-0.4, -0.2) is 17.7 Å². The van der Waals surface area contributed by atoms with Gasteiger partial charge in [0.05, 0.1) is 16.7 Å². The van der Waals surface area contributed by atoms with Gasteiger partial charge in [-0.05, 0) is 36.3 Å². The minimum absolute atomic E-state index is 0.292. The summed E-state index contributed by atoms with van der Waals surface area (Å²) < 4.78 is 5.07. The van der Waals surface area contributed by atoms with Gasteiger partial charge in [0.25, 0.3) is 0 Å². The Morgan fingerprint density at radius 3 is 2.57 bits per heavy atom. The van der Waals surface area contributed by atoms with Crippen molar-refractivity contribution in [2.24, 2.45) is 0 Å². The first-order chi connectivity index (χ1) is 11.0. The third-order valence-electron chi connectivity index (χ3n) is 3.10. The van der Waals surface area contributed by atoms with Crippen molar-refractivity contribution in [2.75, 3.05) is 6.61 Å². The van der Waals surface area contributed by atoms with Crippen molar-refractivity contribution in [2.45, 2.75) is 6.92 Å². The van der Waals surface area contributed by atoms with Gasteiger partial charge in [-0.1, -0.05) is 47.5 Å². The van der Waals surface area contributed by atoms with Crippen LogP contribution in [0.25, 0.3) is 11.6 Å². The SMILES string of the molecule is Cc1ccc(/C(C#N)=C/c2ccc(OCC(=O)O)c(Cl)c2)cc1. The number of nitrogens with zero attached hydrogens (tertiary/aromatic N) is 1. The van der Waals surface area contributed by atoms with E-state index >= 15 is 0 Å². The summed E-state index contributed by atoms with van der Waals surface area (Å²) in [7, 11) is 0. The Balaban J connectivity index is 2.27. The normalized spacial score (nSPS) is 10.9. The van der Waals surface area contributed by atoms with Crippen molar-refractivity contribution >= 4 is 29.2 Å². The molecule has 0 saturated carbocycles. The second kappa shape index (κ2) is 7.48. The molecular weight excluding hydrogens is 314 g/mol. The molecule has 0 bridgehead atoms. The van der Waals surface area contributed by atoms with Crippen molar-refractivity contribution in [1.82, 2.24) is 0 Å². The topological polar surface area (TPSA) is 70.3 Å². The number of rotatable bonds is 5. The number of hydrogen-bond acceptors (Lipinski definition) is 3. The van der Waals surface area contributed by atoms with Crippen molar-refractivity contribution in [1.29, 1.82) is 5.26 Å². The Bertz CT molecular complexity index is 789. The molecule has 0 unspecified atom stereocenters. The fraction of sp³-hybridized carbons (Fsp3) is 0.111. The molecule has 0 aliphatic carbocycles. The van der Waals surface area contributed by atoms with Gasteiger partial charge in [0, 0.05) is 0 Å². The Morgan fingerprint density at radius 1 is 1.30 bits per heavy atom. The predicted molar refractivity (Wildman–Crippen MR) is 89.2 cm³/mol. The largest absolute Gasteiger partial charge is 0.480 e. The number of allylic oxidation sites excluding steroid dienone is 1. The molecule has 2 aromatic carbocycles. The molecule has 0 radical (unpaired) electrons. The van der Waals surface area contributed by atoms with Crippen LogP contribution >= 0.6 is 11.6 Å². The summed E-state index contributed by atoms with van der Waals surface area (Å²) in [6.07, 6.45) is 1.72. The van der Waals surface area contributed by atoms with Gasteiger partial charge in [-0.15, -0.1) is 0 Å². The highest BCUT2D eigenvalue weighted by molar-refractivity contribution is 6.32. The molecule has 1 N–H and O–H groups in total. The molecule has 0 amide bonds. The van der Waals surface area contributed by atoms with Crippen LogP contribution in [-0.2, 0) is 4.79 Å². The summed E-state index contributed by atoms with van der Waals surface area (Å²) in [5, 5.41) is 18.2. The second-order valence-corrected chi connectivity index (χ2v) is 5.32. The summed E-state index contributed by atoms with van der Waals surface area (Å²) in [5.74, 6) is -0.781. The minimum Gasteiger partial charge on any atom is -0.480 e. The Labute approximate surface area is 139 Å². The molecule has 5 heteroatoms. The summed E-state index contributed by atoms with van der Waals surface area (Å²) in [6.45, 7) is 1.52. The van der Waals surface area contributed by atoms with E-state index in [-0.39, 0.29) is 0 Å². The van der Waals surface area contributed by atoms with Crippen LogP contribution < -0.4 is 4.74 Å². The number of carboxylic acids is 1. The Hall–Kier alpha value is -2.77. The number of ether oxygens (including phenoxy) is 1. The lowest BCUT2D eigenvalue weighted by atomic mass is 10.0. The van der Waals surface area contributed by atoms with Gasteiger partial charge in [0.1, 0.15) is 5.75 Å². The van der Waals surface area contributed by atoms with Crippen LogP contribution in [0, 0.1) is 18.3 Å². The molecule has 2 rings (SSSR count). The quantitative estimate of drug-likeness (QED) is 0.660. The molecule has 4 nitrogen and oxygen atoms in total. The number of hydrogen-bond donors (Lipinski definition) is 1. The number of aryl methyl sites for hydroxylation is 1. The monoisotopic (exact) mass is 327 g/mol. The zero-order chi connectivity index (χ0) is 16.8. The first-order valence-corrected chi connectivity index (χ1v) is 7.20. The van der Waals surface area contributed by atoms with Crippen molar-refractivity contribution in [3.05, 3.63) is 64.2 Å². The summed E-state index contributed by atoms with van der Waals surface area (Å²) in [4.78, 5) is 10.5. The molecule has 0 spiro atoms. The van der Waals surface area contributed by atoms with E-state index in [0.717, 1.165) is 16.7 Å². The number of nitriles is 1. The molecule has 0 atom stereocenters. The zero-order valence-corrected chi connectivity index (χ0v) is 13.2. The van der Waals surface area contributed by atoms with E-state index in [1.54, 1.807) is 24.3 Å². The van der Waals surface area contributed by atoms with E-state index in [0.29, 0.717) is 16.3 Å².